The lowest BCUT2D eigenvalue weighted by Gasteiger charge is -2.36. The van der Waals surface area contributed by atoms with Crippen molar-refractivity contribution in [2.75, 3.05) is 26.7 Å². The molecule has 2 unspecified atom stereocenters. The van der Waals surface area contributed by atoms with E-state index < -0.39 is 89.6 Å². The molecule has 0 radical (unpaired) electrons. The molecule has 15 heteroatoms. The summed E-state index contributed by atoms with van der Waals surface area (Å²) in [6.07, 6.45) is 6.91. The van der Waals surface area contributed by atoms with Crippen molar-refractivity contribution < 1.29 is 42.7 Å². The number of rotatable bonds is 9. The number of nitrogens with zero attached hydrogens (tertiary/aromatic N) is 3. The summed E-state index contributed by atoms with van der Waals surface area (Å²) in [6.45, 7) is 7.07. The summed E-state index contributed by atoms with van der Waals surface area (Å²) in [5.41, 5.74) is -0.847. The molecular formula is C39H53FN6O8. The van der Waals surface area contributed by atoms with E-state index in [1.165, 1.54) is 46.0 Å². The van der Waals surface area contributed by atoms with Crippen molar-refractivity contribution in [3.05, 3.63) is 47.8 Å². The van der Waals surface area contributed by atoms with Gasteiger partial charge in [-0.1, -0.05) is 51.8 Å². The van der Waals surface area contributed by atoms with Crippen molar-refractivity contribution in [2.24, 2.45) is 11.8 Å². The number of halogens is 1. The topological polar surface area (TPSA) is 175 Å². The number of benzene rings is 1. The smallest absolute Gasteiger partial charge is 0.328 e. The molecule has 3 aliphatic heterocycles. The molecule has 294 valence electrons. The first-order chi connectivity index (χ1) is 25.7. The molecule has 1 aromatic rings. The number of carbonyl (C=O) groups is 7. The van der Waals surface area contributed by atoms with Crippen molar-refractivity contribution in [1.29, 1.82) is 0 Å². The second kappa shape index (κ2) is 17.1. The van der Waals surface area contributed by atoms with Crippen molar-refractivity contribution >= 4 is 41.4 Å². The van der Waals surface area contributed by atoms with E-state index in [9.17, 15) is 38.0 Å². The fourth-order valence-corrected chi connectivity index (χ4v) is 8.27. The third-order valence-electron chi connectivity index (χ3n) is 11.6. The maximum atomic E-state index is 14.4. The molecule has 1 aromatic carbocycles. The number of nitrogens with one attached hydrogen (secondary N) is 3. The van der Waals surface area contributed by atoms with Gasteiger partial charge < -0.3 is 35.4 Å². The Bertz CT molecular complexity index is 1660. The zero-order valence-electron chi connectivity index (χ0n) is 31.8. The van der Waals surface area contributed by atoms with Crippen LogP contribution in [0.15, 0.2) is 36.4 Å². The number of likely N-dealkylation sites (N-methyl/N-ethyl adjacent to an activating group) is 1. The number of cyclic esters (lactones) is 1. The van der Waals surface area contributed by atoms with Crippen LogP contribution in [0.2, 0.25) is 0 Å². The lowest BCUT2D eigenvalue weighted by Crippen LogP contribution is -2.62. The van der Waals surface area contributed by atoms with Crippen LogP contribution in [0, 0.1) is 17.7 Å². The summed E-state index contributed by atoms with van der Waals surface area (Å²) in [6, 6.07) is -0.125. The SMILES string of the molecule is CCCC/C=C/C(=O)N[C@@H](Cc1cccc(F)c1)C(=O)N[C@@H]1COC(=O)[C@@H]2CCCN2C(=O)[C@H](C)NC(=O)C2(C(C)C2C)N(C)C(=O)[C@@H]2CCCN2C1=O. The molecule has 1 saturated carbocycles. The Labute approximate surface area is 315 Å². The van der Waals surface area contributed by atoms with Crippen molar-refractivity contribution in [1.82, 2.24) is 30.7 Å². The normalized spacial score (nSPS) is 29.9. The van der Waals surface area contributed by atoms with E-state index in [4.69, 9.17) is 4.74 Å². The van der Waals surface area contributed by atoms with E-state index in [1.807, 2.05) is 20.8 Å². The Morgan fingerprint density at radius 3 is 2.31 bits per heavy atom. The molecule has 1 aliphatic carbocycles. The van der Waals surface area contributed by atoms with Gasteiger partial charge in [-0.2, -0.15) is 0 Å². The first-order valence-corrected chi connectivity index (χ1v) is 19.1. The van der Waals surface area contributed by atoms with E-state index in [1.54, 1.807) is 19.1 Å². The fourth-order valence-electron chi connectivity index (χ4n) is 8.27. The summed E-state index contributed by atoms with van der Waals surface area (Å²) in [5.74, 6) is -5.28. The third kappa shape index (κ3) is 8.29. The maximum Gasteiger partial charge on any atom is 0.328 e. The lowest BCUT2D eigenvalue weighted by atomic mass is 10.0. The molecule has 4 aliphatic rings. The standard InChI is InChI=1S/C39H53FN6O8/c1-6-7-8-9-17-32(47)42-28(21-26-13-10-14-27(40)20-26)33(48)43-29-22-54-37(52)31-16-12-19-46(31)34(49)25(4)41-38(53)39(23(2)24(39)3)44(5)36(51)30-15-11-18-45(30)35(29)50/h9-10,13-14,17,20,23-25,28-31H,6-8,11-12,15-16,18-19,21-22H2,1-5H3,(H,41,53)(H,42,47)(H,43,48)/b17-9+/t23?,24?,25-,28-,29+,30-,31-,39?/m0/s1. The zero-order valence-corrected chi connectivity index (χ0v) is 31.8. The van der Waals surface area contributed by atoms with Crippen molar-refractivity contribution in [3.8, 4) is 0 Å². The number of ether oxygens (including phenoxy) is 1. The minimum atomic E-state index is -1.49. The van der Waals surface area contributed by atoms with E-state index in [0.717, 1.165) is 12.8 Å². The highest BCUT2D eigenvalue weighted by molar-refractivity contribution is 6.01. The molecule has 54 heavy (non-hydrogen) atoms. The summed E-state index contributed by atoms with van der Waals surface area (Å²) in [5, 5.41) is 8.13. The molecule has 14 nitrogen and oxygen atoms in total. The quantitative estimate of drug-likeness (QED) is 0.194. The first-order valence-electron chi connectivity index (χ1n) is 19.1. The Hall–Kier alpha value is -4.82. The summed E-state index contributed by atoms with van der Waals surface area (Å²) < 4.78 is 19.8. The average molecular weight is 753 g/mol. The number of esters is 1. The number of hydrogen-bond donors (Lipinski definition) is 3. The van der Waals surface area contributed by atoms with E-state index in [-0.39, 0.29) is 31.3 Å². The Kier molecular flexibility index (Phi) is 12.8. The van der Waals surface area contributed by atoms with Gasteiger partial charge in [0.05, 0.1) is 0 Å². The van der Waals surface area contributed by atoms with Crippen molar-refractivity contribution in [2.45, 2.75) is 115 Å². The number of amides is 6. The molecule has 5 rings (SSSR count). The van der Waals surface area contributed by atoms with Gasteiger partial charge in [-0.15, -0.1) is 0 Å². The average Bonchev–Trinajstić information content (AvgIpc) is 3.57. The number of fused-ring (bicyclic) bond motifs is 2. The number of allylic oxidation sites excluding steroid dienone is 1. The number of hydrogen-bond acceptors (Lipinski definition) is 8. The molecular weight excluding hydrogens is 699 g/mol. The molecule has 3 heterocycles. The van der Waals surface area contributed by atoms with Crippen LogP contribution in [0.3, 0.4) is 0 Å². The summed E-state index contributed by atoms with van der Waals surface area (Å²) in [7, 11) is 1.53. The molecule has 1 spiro atoms. The molecule has 6 amide bonds. The van der Waals surface area contributed by atoms with Gasteiger partial charge >= 0.3 is 5.97 Å². The Morgan fingerprint density at radius 1 is 1.00 bits per heavy atom. The maximum absolute atomic E-state index is 14.4. The molecule has 0 bridgehead atoms. The highest BCUT2D eigenvalue weighted by atomic mass is 19.1. The number of carbonyl (C=O) groups excluding carboxylic acids is 7. The van der Waals surface area contributed by atoms with Crippen LogP contribution >= 0.6 is 0 Å². The minimum Gasteiger partial charge on any atom is -0.461 e. The monoisotopic (exact) mass is 752 g/mol. The lowest BCUT2D eigenvalue weighted by molar-refractivity contribution is -0.158. The zero-order chi connectivity index (χ0) is 39.3. The summed E-state index contributed by atoms with van der Waals surface area (Å²) >= 11 is 0. The third-order valence-corrected chi connectivity index (χ3v) is 11.6. The van der Waals surface area contributed by atoms with E-state index in [2.05, 4.69) is 16.0 Å². The van der Waals surface area contributed by atoms with Crippen LogP contribution in [0.5, 0.6) is 0 Å². The van der Waals surface area contributed by atoms with Crippen LogP contribution in [0.1, 0.15) is 78.2 Å². The Morgan fingerprint density at radius 2 is 1.67 bits per heavy atom. The molecule has 3 N–H and O–H groups in total. The fraction of sp³-hybridized carbons (Fsp3) is 0.615. The Balaban J connectivity index is 1.47. The van der Waals surface area contributed by atoms with E-state index >= 15 is 0 Å². The van der Waals surface area contributed by atoms with Crippen LogP contribution in [0.4, 0.5) is 4.39 Å². The van der Waals surface area contributed by atoms with Crippen LogP contribution in [0.25, 0.3) is 0 Å². The van der Waals surface area contributed by atoms with Gasteiger partial charge in [0.2, 0.25) is 35.4 Å². The highest BCUT2D eigenvalue weighted by Crippen LogP contribution is 2.54. The van der Waals surface area contributed by atoms with Crippen LogP contribution in [-0.4, -0.2) is 119 Å². The molecule has 3 saturated heterocycles. The predicted molar refractivity (Wildman–Crippen MR) is 194 cm³/mol. The van der Waals surface area contributed by atoms with Gasteiger partial charge in [0.15, 0.2) is 0 Å². The van der Waals surface area contributed by atoms with Crippen molar-refractivity contribution in [3.63, 3.8) is 0 Å². The van der Waals surface area contributed by atoms with Gasteiger partial charge in [0.1, 0.15) is 48.2 Å². The predicted octanol–water partition coefficient (Wildman–Crippen LogP) is 1.61. The molecule has 7 atom stereocenters. The molecule has 4 fully saturated rings. The van der Waals surface area contributed by atoms with E-state index in [0.29, 0.717) is 37.7 Å². The minimum absolute atomic E-state index is 0.119. The van der Waals surface area contributed by atoms with Gasteiger partial charge in [-0.05, 0) is 74.6 Å². The number of unbranched alkanes of at least 4 members (excludes halogenated alkanes) is 2. The van der Waals surface area contributed by atoms with Gasteiger partial charge in [0.25, 0.3) is 0 Å². The van der Waals surface area contributed by atoms with Gasteiger partial charge in [-0.3, -0.25) is 28.8 Å². The van der Waals surface area contributed by atoms with Gasteiger partial charge in [-0.25, -0.2) is 9.18 Å². The second-order valence-electron chi connectivity index (χ2n) is 15.0. The molecule has 0 aromatic heterocycles. The highest BCUT2D eigenvalue weighted by Gasteiger charge is 2.69. The summed E-state index contributed by atoms with van der Waals surface area (Å²) in [4.78, 5) is 101. The van der Waals surface area contributed by atoms with Gasteiger partial charge in [0, 0.05) is 26.6 Å². The van der Waals surface area contributed by atoms with Crippen LogP contribution < -0.4 is 16.0 Å². The second-order valence-corrected chi connectivity index (χ2v) is 15.0. The largest absolute Gasteiger partial charge is 0.461 e. The first kappa shape index (κ1) is 40.4. The van der Waals surface area contributed by atoms with Crippen LogP contribution in [-0.2, 0) is 44.7 Å².